The SMILES string of the molecule is COC1=C(C(F)(F)F)C(F)(F)C(F)(C(F)(F)F)C(F)(F)C1(F)F. The Bertz CT molecular complexity index is 525. The molecule has 0 aromatic heterocycles. The second kappa shape index (κ2) is 4.59. The number of rotatable bonds is 1. The third-order valence-electron chi connectivity index (χ3n) is 2.96. The second-order valence-electron chi connectivity index (χ2n) is 4.29. The van der Waals surface area contributed by atoms with Gasteiger partial charge in [0.1, 0.15) is 5.57 Å². The van der Waals surface area contributed by atoms with Gasteiger partial charge < -0.3 is 4.74 Å². The molecule has 23 heavy (non-hydrogen) atoms. The van der Waals surface area contributed by atoms with Crippen molar-refractivity contribution >= 4 is 0 Å². The van der Waals surface area contributed by atoms with Crippen LogP contribution in [0.5, 0.6) is 0 Å². The van der Waals surface area contributed by atoms with E-state index in [1.54, 1.807) is 0 Å². The summed E-state index contributed by atoms with van der Waals surface area (Å²) < 4.78 is 171. The highest BCUT2D eigenvalue weighted by molar-refractivity contribution is 5.41. The molecule has 0 heterocycles. The number of halogens is 13. The van der Waals surface area contributed by atoms with Gasteiger partial charge in [-0.1, -0.05) is 0 Å². The number of ether oxygens (including phenoxy) is 1. The van der Waals surface area contributed by atoms with Crippen molar-refractivity contribution in [1.29, 1.82) is 0 Å². The van der Waals surface area contributed by atoms with Crippen LogP contribution in [0, 0.1) is 0 Å². The zero-order valence-electron chi connectivity index (χ0n) is 10.3. The van der Waals surface area contributed by atoms with Gasteiger partial charge in [0.25, 0.3) is 0 Å². The molecule has 136 valence electrons. The smallest absolute Gasteiger partial charge is 0.435 e. The van der Waals surface area contributed by atoms with E-state index >= 15 is 0 Å². The zero-order chi connectivity index (χ0) is 18.9. The maximum Gasteiger partial charge on any atom is 0.435 e. The average Bonchev–Trinajstić information content (AvgIpc) is 2.28. The van der Waals surface area contributed by atoms with Crippen LogP contribution in [0.1, 0.15) is 0 Å². The van der Waals surface area contributed by atoms with Gasteiger partial charge in [0.2, 0.25) is 0 Å². The highest BCUT2D eigenvalue weighted by Gasteiger charge is 2.95. The fraction of sp³-hybridized carbons (Fsp3) is 0.778. The molecule has 0 saturated carbocycles. The van der Waals surface area contributed by atoms with Gasteiger partial charge in [0.05, 0.1) is 7.11 Å². The molecule has 0 fully saturated rings. The van der Waals surface area contributed by atoms with Crippen molar-refractivity contribution < 1.29 is 61.8 Å². The fourth-order valence-corrected chi connectivity index (χ4v) is 1.92. The summed E-state index contributed by atoms with van der Waals surface area (Å²) in [5.74, 6) is -24.6. The molecule has 0 aromatic carbocycles. The van der Waals surface area contributed by atoms with Gasteiger partial charge >= 0.3 is 35.8 Å². The van der Waals surface area contributed by atoms with Crippen molar-refractivity contribution in [3.8, 4) is 0 Å². The normalized spacial score (nSPS) is 30.3. The van der Waals surface area contributed by atoms with Gasteiger partial charge in [-0.3, -0.25) is 0 Å². The Morgan fingerprint density at radius 3 is 1.39 bits per heavy atom. The molecular weight excluding hydrogens is 371 g/mol. The maximum atomic E-state index is 13.5. The predicted molar refractivity (Wildman–Crippen MR) is 44.8 cm³/mol. The lowest BCUT2D eigenvalue weighted by Crippen LogP contribution is -2.75. The molecule has 1 unspecified atom stereocenters. The monoisotopic (exact) mass is 374 g/mol. The molecule has 0 radical (unpaired) electrons. The van der Waals surface area contributed by atoms with E-state index in [2.05, 4.69) is 4.74 Å². The molecule has 0 aromatic rings. The van der Waals surface area contributed by atoms with E-state index < -0.39 is 47.1 Å². The molecule has 1 atom stereocenters. The first-order chi connectivity index (χ1) is 9.81. The van der Waals surface area contributed by atoms with Crippen LogP contribution in [0.3, 0.4) is 0 Å². The summed E-state index contributed by atoms with van der Waals surface area (Å²) in [6, 6.07) is 0. The number of hydrogen-bond donors (Lipinski definition) is 0. The summed E-state index contributed by atoms with van der Waals surface area (Å²) in [7, 11) is -0.194. The summed E-state index contributed by atoms with van der Waals surface area (Å²) in [5, 5.41) is 0. The topological polar surface area (TPSA) is 9.23 Å². The van der Waals surface area contributed by atoms with Crippen LogP contribution < -0.4 is 0 Å². The van der Waals surface area contributed by atoms with Gasteiger partial charge in [-0.2, -0.15) is 52.7 Å². The lowest BCUT2D eigenvalue weighted by atomic mass is 9.75. The first-order valence-electron chi connectivity index (χ1n) is 5.07. The zero-order valence-corrected chi connectivity index (χ0v) is 10.3. The van der Waals surface area contributed by atoms with Crippen molar-refractivity contribution in [3.05, 3.63) is 11.3 Å². The summed E-state index contributed by atoms with van der Waals surface area (Å²) in [4.78, 5) is 0. The number of allylic oxidation sites excluding steroid dienone is 2. The van der Waals surface area contributed by atoms with E-state index in [4.69, 9.17) is 0 Å². The Kier molecular flexibility index (Phi) is 3.92. The fourth-order valence-electron chi connectivity index (χ4n) is 1.92. The molecule has 0 aliphatic heterocycles. The largest absolute Gasteiger partial charge is 0.494 e. The summed E-state index contributed by atoms with van der Waals surface area (Å²) in [5.41, 5.74) is -11.7. The Labute approximate surface area is 117 Å². The molecule has 1 rings (SSSR count). The third-order valence-corrected chi connectivity index (χ3v) is 2.96. The van der Waals surface area contributed by atoms with Crippen molar-refractivity contribution in [1.82, 2.24) is 0 Å². The molecule has 0 amide bonds. The van der Waals surface area contributed by atoms with Crippen LogP contribution in [0.25, 0.3) is 0 Å². The highest BCUT2D eigenvalue weighted by Crippen LogP contribution is 2.67. The summed E-state index contributed by atoms with van der Waals surface area (Å²) in [6.45, 7) is 0. The van der Waals surface area contributed by atoms with Gasteiger partial charge in [0, 0.05) is 0 Å². The highest BCUT2D eigenvalue weighted by atomic mass is 19.4. The van der Waals surface area contributed by atoms with E-state index in [9.17, 15) is 57.1 Å². The Hall–Kier alpha value is -1.37. The minimum absolute atomic E-state index is 0.194. The number of methoxy groups -OCH3 is 1. The quantitative estimate of drug-likeness (QED) is 0.608. The molecule has 0 N–H and O–H groups in total. The van der Waals surface area contributed by atoms with Crippen molar-refractivity contribution in [3.63, 3.8) is 0 Å². The predicted octanol–water partition coefficient (Wildman–Crippen LogP) is 4.64. The van der Waals surface area contributed by atoms with Gasteiger partial charge in [0.15, 0.2) is 5.76 Å². The molecule has 14 heteroatoms. The molecule has 1 aliphatic rings. The second-order valence-corrected chi connectivity index (χ2v) is 4.29. The van der Waals surface area contributed by atoms with Gasteiger partial charge in [-0.05, 0) is 0 Å². The van der Waals surface area contributed by atoms with Crippen molar-refractivity contribution in [2.75, 3.05) is 7.11 Å². The third kappa shape index (κ3) is 2.08. The lowest BCUT2D eigenvalue weighted by molar-refractivity contribution is -0.407. The molecule has 1 aliphatic carbocycles. The minimum Gasteiger partial charge on any atom is -0.494 e. The van der Waals surface area contributed by atoms with E-state index in [1.807, 2.05) is 0 Å². The Morgan fingerprint density at radius 1 is 0.739 bits per heavy atom. The minimum atomic E-state index is -7.52. The maximum absolute atomic E-state index is 13.5. The Morgan fingerprint density at radius 2 is 1.13 bits per heavy atom. The molecule has 1 nitrogen and oxygen atoms in total. The number of alkyl halides is 13. The first kappa shape index (κ1) is 19.7. The van der Waals surface area contributed by atoms with Gasteiger partial charge in [-0.25, -0.2) is 4.39 Å². The van der Waals surface area contributed by atoms with Crippen LogP contribution in [-0.2, 0) is 4.74 Å². The molecular formula is C9H3F13O. The van der Waals surface area contributed by atoms with Crippen LogP contribution >= 0.6 is 0 Å². The lowest BCUT2D eigenvalue weighted by Gasteiger charge is -2.47. The first-order valence-corrected chi connectivity index (χ1v) is 5.07. The van der Waals surface area contributed by atoms with Crippen molar-refractivity contribution in [2.45, 2.75) is 35.8 Å². The van der Waals surface area contributed by atoms with Crippen LogP contribution in [-0.4, -0.2) is 42.9 Å². The standard InChI is InChI=1S/C9H3F13O/c1-23-3-2(6(14,15)16)4(10,11)7(17,9(20,21)22)8(18,19)5(3,12)13/h1H3. The van der Waals surface area contributed by atoms with Crippen molar-refractivity contribution in [2.24, 2.45) is 0 Å². The van der Waals surface area contributed by atoms with Crippen LogP contribution in [0.15, 0.2) is 11.3 Å². The number of hydrogen-bond acceptors (Lipinski definition) is 1. The summed E-state index contributed by atoms with van der Waals surface area (Å²) in [6.07, 6.45) is -14.2. The van der Waals surface area contributed by atoms with E-state index in [0.29, 0.717) is 0 Å². The molecule has 0 spiro atoms. The molecule has 0 bridgehead atoms. The average molecular weight is 374 g/mol. The Balaban J connectivity index is 4.09. The summed E-state index contributed by atoms with van der Waals surface area (Å²) >= 11 is 0. The van der Waals surface area contributed by atoms with Crippen LogP contribution in [0.4, 0.5) is 57.1 Å². The van der Waals surface area contributed by atoms with Gasteiger partial charge in [-0.15, -0.1) is 0 Å². The van der Waals surface area contributed by atoms with E-state index in [-0.39, 0.29) is 7.11 Å². The molecule has 0 saturated heterocycles. The van der Waals surface area contributed by atoms with E-state index in [0.717, 1.165) is 0 Å². The van der Waals surface area contributed by atoms with Crippen LogP contribution in [0.2, 0.25) is 0 Å². The van der Waals surface area contributed by atoms with E-state index in [1.165, 1.54) is 0 Å².